The summed E-state index contributed by atoms with van der Waals surface area (Å²) in [5, 5.41) is 11.7. The summed E-state index contributed by atoms with van der Waals surface area (Å²) in [6.45, 7) is 3.14. The van der Waals surface area contributed by atoms with Gasteiger partial charge in [-0.15, -0.1) is 0 Å². The molecule has 0 bridgehead atoms. The molecule has 2 unspecified atom stereocenters. The first kappa shape index (κ1) is 22.2. The van der Waals surface area contributed by atoms with Gasteiger partial charge in [0.2, 0.25) is 0 Å². The fourth-order valence-electron chi connectivity index (χ4n) is 4.76. The van der Waals surface area contributed by atoms with Crippen LogP contribution >= 0.6 is 23.2 Å². The summed E-state index contributed by atoms with van der Waals surface area (Å²) < 4.78 is 0. The highest BCUT2D eigenvalue weighted by Gasteiger charge is 2.44. The quantitative estimate of drug-likeness (QED) is 0.442. The molecule has 29 heavy (non-hydrogen) atoms. The number of nitriles is 1. The number of halogens is 2. The molecule has 0 aliphatic heterocycles. The van der Waals surface area contributed by atoms with Crippen LogP contribution in [0.15, 0.2) is 48.5 Å². The van der Waals surface area contributed by atoms with Crippen LogP contribution in [0.25, 0.3) is 0 Å². The zero-order valence-electron chi connectivity index (χ0n) is 17.4. The standard InChI is InChI=1S/C25H30Cl2N2/c1-19(29(2)17-20-9-4-3-5-10-20)15-16-25(18-28,21-11-6-7-12-21)24-22(26)13-8-14-23(24)27/h3-5,8-10,13-14,19,21H,6-7,11-12,15-17H2,1-2H3. The third-order valence-corrected chi connectivity index (χ3v) is 7.27. The van der Waals surface area contributed by atoms with Crippen molar-refractivity contribution in [2.75, 3.05) is 7.05 Å². The van der Waals surface area contributed by atoms with Crippen molar-refractivity contribution in [2.45, 2.75) is 63.5 Å². The second-order valence-corrected chi connectivity index (χ2v) is 9.26. The Morgan fingerprint density at radius 3 is 2.28 bits per heavy atom. The van der Waals surface area contributed by atoms with Crippen LogP contribution in [0.1, 0.15) is 56.6 Å². The Balaban J connectivity index is 1.81. The van der Waals surface area contributed by atoms with Gasteiger partial charge < -0.3 is 0 Å². The minimum absolute atomic E-state index is 0.316. The lowest BCUT2D eigenvalue weighted by Gasteiger charge is -2.36. The molecule has 0 saturated heterocycles. The van der Waals surface area contributed by atoms with Gasteiger partial charge in [-0.1, -0.05) is 72.4 Å². The maximum atomic E-state index is 10.4. The van der Waals surface area contributed by atoms with Crippen LogP contribution < -0.4 is 0 Å². The van der Waals surface area contributed by atoms with E-state index < -0.39 is 5.41 Å². The zero-order chi connectivity index (χ0) is 20.9. The SMILES string of the molecule is CC(CCC(C#N)(c1c(Cl)cccc1Cl)C1CCCC1)N(C)Cc1ccccc1. The van der Waals surface area contributed by atoms with E-state index in [0.717, 1.165) is 37.8 Å². The molecule has 1 aliphatic rings. The fourth-order valence-corrected chi connectivity index (χ4v) is 5.50. The molecule has 0 radical (unpaired) electrons. The topological polar surface area (TPSA) is 27.0 Å². The highest BCUT2D eigenvalue weighted by Crippen LogP contribution is 2.49. The lowest BCUT2D eigenvalue weighted by atomic mass is 9.67. The van der Waals surface area contributed by atoms with Gasteiger partial charge in [-0.2, -0.15) is 5.26 Å². The molecule has 0 N–H and O–H groups in total. The summed E-state index contributed by atoms with van der Waals surface area (Å²) in [7, 11) is 2.16. The number of hydrogen-bond acceptors (Lipinski definition) is 2. The van der Waals surface area contributed by atoms with Crippen molar-refractivity contribution in [3.05, 3.63) is 69.7 Å². The van der Waals surface area contributed by atoms with E-state index in [4.69, 9.17) is 23.2 Å². The Morgan fingerprint density at radius 2 is 1.69 bits per heavy atom. The first-order chi connectivity index (χ1) is 14.0. The Hall–Kier alpha value is -1.53. The van der Waals surface area contributed by atoms with Crippen LogP contribution in [-0.2, 0) is 12.0 Å². The number of rotatable bonds is 8. The Kier molecular flexibility index (Phi) is 7.63. The van der Waals surface area contributed by atoms with Crippen LogP contribution in [0, 0.1) is 17.2 Å². The first-order valence-corrected chi connectivity index (χ1v) is 11.3. The third kappa shape index (κ3) is 4.97. The molecule has 2 atom stereocenters. The monoisotopic (exact) mass is 428 g/mol. The molecule has 0 spiro atoms. The molecule has 0 amide bonds. The summed E-state index contributed by atoms with van der Waals surface area (Å²) in [6, 6.07) is 19.2. The van der Waals surface area contributed by atoms with Gasteiger partial charge in [0.1, 0.15) is 0 Å². The van der Waals surface area contributed by atoms with Crippen molar-refractivity contribution in [1.29, 1.82) is 5.26 Å². The molecular weight excluding hydrogens is 399 g/mol. The van der Waals surface area contributed by atoms with E-state index in [1.165, 1.54) is 18.4 Å². The van der Waals surface area contributed by atoms with E-state index in [2.05, 4.69) is 49.2 Å². The van der Waals surface area contributed by atoms with Crippen molar-refractivity contribution in [3.63, 3.8) is 0 Å². The molecular formula is C25H30Cl2N2. The number of nitrogens with zero attached hydrogens (tertiary/aromatic N) is 2. The van der Waals surface area contributed by atoms with E-state index in [1.54, 1.807) is 0 Å². The van der Waals surface area contributed by atoms with Gasteiger partial charge in [0.05, 0.1) is 11.5 Å². The Labute approximate surface area is 185 Å². The first-order valence-electron chi connectivity index (χ1n) is 10.6. The maximum Gasteiger partial charge on any atom is 0.0879 e. The van der Waals surface area contributed by atoms with Gasteiger partial charge in [-0.25, -0.2) is 0 Å². The average Bonchev–Trinajstić information content (AvgIpc) is 3.26. The molecule has 3 rings (SSSR count). The summed E-state index contributed by atoms with van der Waals surface area (Å²) in [4.78, 5) is 2.36. The molecule has 2 aromatic rings. The molecule has 1 saturated carbocycles. The second kappa shape index (κ2) is 9.98. The van der Waals surface area contributed by atoms with E-state index >= 15 is 0 Å². The van der Waals surface area contributed by atoms with Crippen LogP contribution in [0.2, 0.25) is 10.0 Å². The van der Waals surface area contributed by atoms with Crippen molar-refractivity contribution < 1.29 is 0 Å². The van der Waals surface area contributed by atoms with Crippen LogP contribution in [0.3, 0.4) is 0 Å². The molecule has 154 valence electrons. The Morgan fingerprint density at radius 1 is 1.07 bits per heavy atom. The molecule has 4 heteroatoms. The lowest BCUT2D eigenvalue weighted by molar-refractivity contribution is 0.211. The maximum absolute atomic E-state index is 10.4. The predicted molar refractivity (Wildman–Crippen MR) is 122 cm³/mol. The molecule has 0 heterocycles. The normalized spacial score (nSPS) is 17.8. The van der Waals surface area contributed by atoms with E-state index in [-0.39, 0.29) is 0 Å². The van der Waals surface area contributed by atoms with Gasteiger partial charge in [-0.05, 0) is 63.3 Å². The second-order valence-electron chi connectivity index (χ2n) is 8.45. The smallest absolute Gasteiger partial charge is 0.0879 e. The lowest BCUT2D eigenvalue weighted by Crippen LogP contribution is -2.36. The van der Waals surface area contributed by atoms with Gasteiger partial charge in [0.15, 0.2) is 0 Å². The van der Waals surface area contributed by atoms with E-state index in [1.807, 2.05) is 24.3 Å². The average molecular weight is 429 g/mol. The van der Waals surface area contributed by atoms with E-state index in [9.17, 15) is 5.26 Å². The number of hydrogen-bond donors (Lipinski definition) is 0. The van der Waals surface area contributed by atoms with Crippen LogP contribution in [0.5, 0.6) is 0 Å². The number of benzene rings is 2. The summed E-state index contributed by atoms with van der Waals surface area (Å²) in [6.07, 6.45) is 6.21. The molecule has 2 nitrogen and oxygen atoms in total. The van der Waals surface area contributed by atoms with Crippen LogP contribution in [0.4, 0.5) is 0 Å². The summed E-state index contributed by atoms with van der Waals surface area (Å²) in [5.74, 6) is 0.316. The largest absolute Gasteiger partial charge is 0.299 e. The fraction of sp³-hybridized carbons (Fsp3) is 0.480. The van der Waals surface area contributed by atoms with Gasteiger partial charge in [-0.3, -0.25) is 4.90 Å². The molecule has 1 aliphatic carbocycles. The zero-order valence-corrected chi connectivity index (χ0v) is 18.9. The van der Waals surface area contributed by atoms with Gasteiger partial charge in [0, 0.05) is 28.2 Å². The van der Waals surface area contributed by atoms with E-state index in [0.29, 0.717) is 22.0 Å². The summed E-state index contributed by atoms with van der Waals surface area (Å²) in [5.41, 5.74) is 1.53. The van der Waals surface area contributed by atoms with Gasteiger partial charge >= 0.3 is 0 Å². The molecule has 0 aromatic heterocycles. The highest BCUT2D eigenvalue weighted by molar-refractivity contribution is 6.36. The van der Waals surface area contributed by atoms with Crippen molar-refractivity contribution in [3.8, 4) is 6.07 Å². The minimum atomic E-state index is -0.617. The predicted octanol–water partition coefficient (Wildman–Crippen LogP) is 7.25. The van der Waals surface area contributed by atoms with Crippen LogP contribution in [-0.4, -0.2) is 18.0 Å². The minimum Gasteiger partial charge on any atom is -0.299 e. The van der Waals surface area contributed by atoms with Gasteiger partial charge in [0.25, 0.3) is 0 Å². The Bertz CT molecular complexity index is 819. The molecule has 1 fully saturated rings. The summed E-state index contributed by atoms with van der Waals surface area (Å²) >= 11 is 13.2. The van der Waals surface area contributed by atoms with Crippen molar-refractivity contribution >= 4 is 23.2 Å². The third-order valence-electron chi connectivity index (χ3n) is 6.64. The van der Waals surface area contributed by atoms with Crippen molar-refractivity contribution in [1.82, 2.24) is 4.90 Å². The highest BCUT2D eigenvalue weighted by atomic mass is 35.5. The van der Waals surface area contributed by atoms with Crippen molar-refractivity contribution in [2.24, 2.45) is 5.92 Å². The molecule has 2 aromatic carbocycles.